The highest BCUT2D eigenvalue weighted by Crippen LogP contribution is 2.17. The van der Waals surface area contributed by atoms with Crippen LogP contribution in [0.15, 0.2) is 42.7 Å². The van der Waals surface area contributed by atoms with Crippen molar-refractivity contribution in [3.63, 3.8) is 0 Å². The molecule has 1 aromatic heterocycles. The number of hydrogen-bond donors (Lipinski definition) is 0. The maximum atomic E-state index is 11.9. The van der Waals surface area contributed by atoms with Gasteiger partial charge in [-0.15, -0.1) is 0 Å². The lowest BCUT2D eigenvalue weighted by molar-refractivity contribution is 0.0921. The summed E-state index contributed by atoms with van der Waals surface area (Å²) in [6.45, 7) is 1.87. The molecule has 2 rings (SSSR count). The Hall–Kier alpha value is -1.87. The molecule has 0 saturated heterocycles. The van der Waals surface area contributed by atoms with Crippen molar-refractivity contribution in [1.82, 2.24) is 4.98 Å². The number of benzene rings is 1. The Bertz CT molecular complexity index is 569. The second kappa shape index (κ2) is 5.65. The number of aryl methyl sites for hydroxylation is 1. The number of halogens is 1. The Kier molecular flexibility index (Phi) is 3.95. The molecule has 18 heavy (non-hydrogen) atoms. The molecule has 4 heteroatoms. The first-order valence-corrected chi connectivity index (χ1v) is 5.86. The number of pyridine rings is 1. The minimum Gasteiger partial charge on any atom is -0.485 e. The van der Waals surface area contributed by atoms with Crippen LogP contribution in [0.25, 0.3) is 0 Å². The van der Waals surface area contributed by atoms with Gasteiger partial charge in [-0.3, -0.25) is 9.78 Å². The highest BCUT2D eigenvalue weighted by atomic mass is 35.5. The summed E-state index contributed by atoms with van der Waals surface area (Å²) < 4.78 is 5.38. The largest absolute Gasteiger partial charge is 0.485 e. The Morgan fingerprint density at radius 2 is 2.17 bits per heavy atom. The molecule has 0 saturated carbocycles. The predicted octanol–water partition coefficient (Wildman–Crippen LogP) is 3.31. The Morgan fingerprint density at radius 3 is 2.89 bits per heavy atom. The number of carbonyl (C=O) groups is 1. The Morgan fingerprint density at radius 1 is 1.33 bits per heavy atom. The summed E-state index contributed by atoms with van der Waals surface area (Å²) in [5.74, 6) is 0.475. The molecule has 3 nitrogen and oxygen atoms in total. The standard InChI is InChI=1S/C14H12ClNO2/c1-10-5-11(8-16-7-10)14(17)9-18-13-4-2-3-12(15)6-13/h2-8H,9H2,1H3. The molecular weight excluding hydrogens is 250 g/mol. The molecule has 1 aromatic carbocycles. The van der Waals surface area contributed by atoms with Crippen LogP contribution in [0, 0.1) is 6.92 Å². The van der Waals surface area contributed by atoms with Crippen molar-refractivity contribution in [3.8, 4) is 5.75 Å². The molecule has 0 aliphatic heterocycles. The van der Waals surface area contributed by atoms with Gasteiger partial charge in [0.05, 0.1) is 0 Å². The minimum atomic E-state index is -0.105. The fourth-order valence-corrected chi connectivity index (χ4v) is 1.68. The third-order valence-corrected chi connectivity index (χ3v) is 2.60. The monoisotopic (exact) mass is 261 g/mol. The van der Waals surface area contributed by atoms with Gasteiger partial charge in [0.25, 0.3) is 0 Å². The molecule has 1 heterocycles. The van der Waals surface area contributed by atoms with Crippen molar-refractivity contribution in [3.05, 3.63) is 58.9 Å². The molecule has 0 amide bonds. The van der Waals surface area contributed by atoms with E-state index in [1.165, 1.54) is 6.20 Å². The van der Waals surface area contributed by atoms with Crippen LogP contribution in [-0.2, 0) is 0 Å². The molecule has 0 atom stereocenters. The summed E-state index contributed by atoms with van der Waals surface area (Å²) in [5, 5.41) is 0.581. The van der Waals surface area contributed by atoms with E-state index in [2.05, 4.69) is 4.98 Å². The van der Waals surface area contributed by atoms with Crippen LogP contribution in [0.4, 0.5) is 0 Å². The van der Waals surface area contributed by atoms with Crippen LogP contribution in [-0.4, -0.2) is 17.4 Å². The van der Waals surface area contributed by atoms with Crippen LogP contribution in [0.3, 0.4) is 0 Å². The second-order valence-corrected chi connectivity index (χ2v) is 4.36. The van der Waals surface area contributed by atoms with Gasteiger partial charge < -0.3 is 4.74 Å². The zero-order valence-electron chi connectivity index (χ0n) is 9.89. The SMILES string of the molecule is Cc1cncc(C(=O)COc2cccc(Cl)c2)c1. The highest BCUT2D eigenvalue weighted by molar-refractivity contribution is 6.30. The van der Waals surface area contributed by atoms with Gasteiger partial charge in [0.2, 0.25) is 5.78 Å². The number of nitrogens with zero attached hydrogens (tertiary/aromatic N) is 1. The molecule has 0 bridgehead atoms. The molecule has 0 N–H and O–H groups in total. The van der Waals surface area contributed by atoms with E-state index in [1.54, 1.807) is 36.5 Å². The van der Waals surface area contributed by atoms with Gasteiger partial charge in [-0.1, -0.05) is 17.7 Å². The van der Waals surface area contributed by atoms with Gasteiger partial charge in [0.1, 0.15) is 5.75 Å². The molecule has 92 valence electrons. The van der Waals surface area contributed by atoms with Crippen molar-refractivity contribution in [2.75, 3.05) is 6.61 Å². The Balaban J connectivity index is 2.00. The highest BCUT2D eigenvalue weighted by Gasteiger charge is 2.07. The summed E-state index contributed by atoms with van der Waals surface area (Å²) >= 11 is 5.82. The summed E-state index contributed by atoms with van der Waals surface area (Å²) in [5.41, 5.74) is 1.50. The van der Waals surface area contributed by atoms with Crippen molar-refractivity contribution < 1.29 is 9.53 Å². The summed E-state index contributed by atoms with van der Waals surface area (Å²) in [6.07, 6.45) is 3.24. The van der Waals surface area contributed by atoms with E-state index in [1.807, 2.05) is 6.92 Å². The minimum absolute atomic E-state index is 0.0223. The van der Waals surface area contributed by atoms with Crippen LogP contribution >= 0.6 is 11.6 Å². The zero-order chi connectivity index (χ0) is 13.0. The first kappa shape index (κ1) is 12.6. The number of hydrogen-bond acceptors (Lipinski definition) is 3. The van der Waals surface area contributed by atoms with E-state index < -0.39 is 0 Å². The second-order valence-electron chi connectivity index (χ2n) is 3.92. The van der Waals surface area contributed by atoms with E-state index in [4.69, 9.17) is 16.3 Å². The molecule has 0 spiro atoms. The van der Waals surface area contributed by atoms with Crippen LogP contribution in [0.5, 0.6) is 5.75 Å². The van der Waals surface area contributed by atoms with E-state index in [0.29, 0.717) is 16.3 Å². The van der Waals surface area contributed by atoms with Gasteiger partial charge in [-0.2, -0.15) is 0 Å². The first-order chi connectivity index (χ1) is 8.65. The van der Waals surface area contributed by atoms with Crippen molar-refractivity contribution >= 4 is 17.4 Å². The molecule has 0 aliphatic carbocycles. The smallest absolute Gasteiger partial charge is 0.201 e. The zero-order valence-corrected chi connectivity index (χ0v) is 10.6. The third kappa shape index (κ3) is 3.31. The van der Waals surface area contributed by atoms with Gasteiger partial charge in [-0.05, 0) is 36.8 Å². The fraction of sp³-hybridized carbons (Fsp3) is 0.143. The molecule has 0 unspecified atom stereocenters. The van der Waals surface area contributed by atoms with E-state index in [-0.39, 0.29) is 12.4 Å². The summed E-state index contributed by atoms with van der Waals surface area (Å²) in [7, 11) is 0. The van der Waals surface area contributed by atoms with Crippen molar-refractivity contribution in [2.45, 2.75) is 6.92 Å². The molecule has 2 aromatic rings. The first-order valence-electron chi connectivity index (χ1n) is 5.48. The van der Waals surface area contributed by atoms with E-state index in [9.17, 15) is 4.79 Å². The van der Waals surface area contributed by atoms with Crippen molar-refractivity contribution in [1.29, 1.82) is 0 Å². The average molecular weight is 262 g/mol. The lowest BCUT2D eigenvalue weighted by Gasteiger charge is -2.06. The van der Waals surface area contributed by atoms with Crippen LogP contribution in [0.2, 0.25) is 5.02 Å². The number of Topliss-reactive ketones (excluding diaryl/α,β-unsaturated/α-hetero) is 1. The van der Waals surface area contributed by atoms with Crippen LogP contribution < -0.4 is 4.74 Å². The predicted molar refractivity (Wildman–Crippen MR) is 70.3 cm³/mol. The average Bonchev–Trinajstić information content (AvgIpc) is 2.36. The summed E-state index contributed by atoms with van der Waals surface area (Å²) in [6, 6.07) is 8.74. The van der Waals surface area contributed by atoms with E-state index >= 15 is 0 Å². The van der Waals surface area contributed by atoms with Crippen LogP contribution in [0.1, 0.15) is 15.9 Å². The number of rotatable bonds is 4. The van der Waals surface area contributed by atoms with Gasteiger partial charge in [0.15, 0.2) is 6.61 Å². The lowest BCUT2D eigenvalue weighted by atomic mass is 10.1. The van der Waals surface area contributed by atoms with E-state index in [0.717, 1.165) is 5.56 Å². The number of ketones is 1. The summed E-state index contributed by atoms with van der Waals surface area (Å²) in [4.78, 5) is 15.8. The van der Waals surface area contributed by atoms with Gasteiger partial charge >= 0.3 is 0 Å². The number of carbonyl (C=O) groups excluding carboxylic acids is 1. The third-order valence-electron chi connectivity index (χ3n) is 2.36. The Labute approximate surface area is 110 Å². The van der Waals surface area contributed by atoms with Crippen molar-refractivity contribution in [2.24, 2.45) is 0 Å². The molecular formula is C14H12ClNO2. The van der Waals surface area contributed by atoms with Gasteiger partial charge in [-0.25, -0.2) is 0 Å². The maximum Gasteiger partial charge on any atom is 0.201 e. The van der Waals surface area contributed by atoms with Gasteiger partial charge in [0, 0.05) is 23.0 Å². The molecule has 0 radical (unpaired) electrons. The maximum absolute atomic E-state index is 11.9. The number of ether oxygens (including phenoxy) is 1. The molecule has 0 fully saturated rings. The molecule has 0 aliphatic rings. The topological polar surface area (TPSA) is 39.2 Å². The normalized spacial score (nSPS) is 10.1. The fourth-order valence-electron chi connectivity index (χ4n) is 1.50. The lowest BCUT2D eigenvalue weighted by Crippen LogP contribution is -2.12. The quantitative estimate of drug-likeness (QED) is 0.793. The number of aromatic nitrogens is 1.